The number of carbonyl (C=O) groups is 1. The molecular weight excluding hydrogens is 306 g/mol. The van der Waals surface area contributed by atoms with Crippen LogP contribution in [0.4, 0.5) is 11.5 Å². The molecule has 0 aliphatic heterocycles. The first-order chi connectivity index (χ1) is 9.47. The van der Waals surface area contributed by atoms with Crippen molar-refractivity contribution in [1.29, 1.82) is 0 Å². The summed E-state index contributed by atoms with van der Waals surface area (Å²) in [6.45, 7) is 0.317. The number of nitro groups is 1. The first kappa shape index (κ1) is 14.2. The Hall–Kier alpha value is -2.19. The number of aromatic nitrogens is 1. The maximum Gasteiger partial charge on any atom is 0.337 e. The summed E-state index contributed by atoms with van der Waals surface area (Å²) in [5, 5.41) is 22.5. The van der Waals surface area contributed by atoms with Crippen molar-refractivity contribution in [3.63, 3.8) is 0 Å². The SMILES string of the molecule is O=C(O)c1cnc(NCc2ccc(Cl)s2)c([N+](=O)[O-])c1. The van der Waals surface area contributed by atoms with Gasteiger partial charge in [-0.15, -0.1) is 11.3 Å². The van der Waals surface area contributed by atoms with Crippen LogP contribution in [0.2, 0.25) is 4.34 Å². The molecule has 0 saturated heterocycles. The van der Waals surface area contributed by atoms with Gasteiger partial charge < -0.3 is 10.4 Å². The van der Waals surface area contributed by atoms with Crippen LogP contribution in [0.1, 0.15) is 15.2 Å². The highest BCUT2D eigenvalue weighted by Gasteiger charge is 2.18. The maximum absolute atomic E-state index is 10.9. The molecule has 2 N–H and O–H groups in total. The summed E-state index contributed by atoms with van der Waals surface area (Å²) in [6, 6.07) is 4.48. The molecule has 7 nitrogen and oxygen atoms in total. The van der Waals surface area contributed by atoms with E-state index in [4.69, 9.17) is 16.7 Å². The Morgan fingerprint density at radius 3 is 2.85 bits per heavy atom. The molecule has 0 aliphatic rings. The molecule has 0 unspecified atom stereocenters. The fourth-order valence-corrected chi connectivity index (χ4v) is 2.49. The largest absolute Gasteiger partial charge is 0.478 e. The van der Waals surface area contributed by atoms with Crippen LogP contribution in [-0.2, 0) is 6.54 Å². The van der Waals surface area contributed by atoms with Crippen molar-refractivity contribution in [3.8, 4) is 0 Å². The van der Waals surface area contributed by atoms with Crippen molar-refractivity contribution in [3.05, 3.63) is 49.3 Å². The third-order valence-corrected chi connectivity index (χ3v) is 3.60. The highest BCUT2D eigenvalue weighted by molar-refractivity contribution is 7.16. The number of carboxylic acids is 1. The van der Waals surface area contributed by atoms with E-state index in [0.29, 0.717) is 10.9 Å². The molecular formula is C11H8ClN3O4S. The lowest BCUT2D eigenvalue weighted by Gasteiger charge is -2.05. The van der Waals surface area contributed by atoms with Crippen molar-refractivity contribution < 1.29 is 14.8 Å². The third kappa shape index (κ3) is 3.22. The van der Waals surface area contributed by atoms with Crippen LogP contribution >= 0.6 is 22.9 Å². The van der Waals surface area contributed by atoms with Gasteiger partial charge in [0, 0.05) is 17.1 Å². The molecule has 2 aromatic rings. The molecule has 20 heavy (non-hydrogen) atoms. The minimum absolute atomic E-state index is 0.0181. The van der Waals surface area contributed by atoms with Crippen molar-refractivity contribution in [2.24, 2.45) is 0 Å². The molecule has 0 radical (unpaired) electrons. The van der Waals surface area contributed by atoms with Gasteiger partial charge in [0.05, 0.1) is 21.4 Å². The summed E-state index contributed by atoms with van der Waals surface area (Å²) in [6.07, 6.45) is 1.07. The minimum atomic E-state index is -1.27. The van der Waals surface area contributed by atoms with Crippen LogP contribution in [-0.4, -0.2) is 21.0 Å². The van der Waals surface area contributed by atoms with E-state index < -0.39 is 10.9 Å². The van der Waals surface area contributed by atoms with Crippen LogP contribution < -0.4 is 5.32 Å². The summed E-state index contributed by atoms with van der Waals surface area (Å²) in [5.41, 5.74) is -0.617. The van der Waals surface area contributed by atoms with Crippen LogP contribution in [0.3, 0.4) is 0 Å². The van der Waals surface area contributed by atoms with Gasteiger partial charge in [-0.1, -0.05) is 11.6 Å². The van der Waals surface area contributed by atoms with E-state index in [1.807, 2.05) is 0 Å². The molecule has 0 bridgehead atoms. The average molecular weight is 314 g/mol. The zero-order chi connectivity index (χ0) is 14.7. The number of hydrogen-bond donors (Lipinski definition) is 2. The van der Waals surface area contributed by atoms with Crippen molar-refractivity contribution in [2.75, 3.05) is 5.32 Å². The Morgan fingerprint density at radius 1 is 1.55 bits per heavy atom. The Morgan fingerprint density at radius 2 is 2.30 bits per heavy atom. The van der Waals surface area contributed by atoms with E-state index in [1.165, 1.54) is 11.3 Å². The van der Waals surface area contributed by atoms with Gasteiger partial charge >= 0.3 is 11.7 Å². The van der Waals surface area contributed by atoms with Crippen LogP contribution in [0.25, 0.3) is 0 Å². The van der Waals surface area contributed by atoms with Crippen LogP contribution in [0.5, 0.6) is 0 Å². The number of anilines is 1. The topological polar surface area (TPSA) is 105 Å². The highest BCUT2D eigenvalue weighted by atomic mass is 35.5. The summed E-state index contributed by atoms with van der Waals surface area (Å²) >= 11 is 7.12. The average Bonchev–Trinajstić information content (AvgIpc) is 2.81. The minimum Gasteiger partial charge on any atom is -0.478 e. The second-order valence-electron chi connectivity index (χ2n) is 3.71. The number of hydrogen-bond acceptors (Lipinski definition) is 6. The molecule has 0 fully saturated rings. The number of aromatic carboxylic acids is 1. The molecule has 0 amide bonds. The molecule has 2 aromatic heterocycles. The molecule has 9 heteroatoms. The molecule has 2 heterocycles. The number of nitrogens with zero attached hydrogens (tertiary/aromatic N) is 2. The normalized spacial score (nSPS) is 10.2. The lowest BCUT2D eigenvalue weighted by Crippen LogP contribution is -2.06. The van der Waals surface area contributed by atoms with Crippen molar-refractivity contribution in [2.45, 2.75) is 6.54 Å². The molecule has 0 atom stereocenters. The van der Waals surface area contributed by atoms with Gasteiger partial charge in [-0.3, -0.25) is 10.1 Å². The van der Waals surface area contributed by atoms with Crippen LogP contribution in [0.15, 0.2) is 24.4 Å². The fourth-order valence-electron chi connectivity index (χ4n) is 1.46. The number of halogens is 1. The first-order valence-electron chi connectivity index (χ1n) is 5.33. The monoisotopic (exact) mass is 313 g/mol. The van der Waals surface area contributed by atoms with E-state index in [0.717, 1.165) is 17.1 Å². The first-order valence-corrected chi connectivity index (χ1v) is 6.52. The Kier molecular flexibility index (Phi) is 4.16. The fraction of sp³-hybridized carbons (Fsp3) is 0.0909. The third-order valence-electron chi connectivity index (χ3n) is 2.37. The van der Waals surface area contributed by atoms with Crippen molar-refractivity contribution >= 4 is 40.4 Å². The Bertz CT molecular complexity index is 673. The number of carboxylic acid groups (broad SMARTS) is 1. The Labute approximate surface area is 122 Å². The smallest absolute Gasteiger partial charge is 0.337 e. The number of nitrogens with one attached hydrogen (secondary N) is 1. The summed E-state index contributed by atoms with van der Waals surface area (Å²) in [4.78, 5) is 25.7. The van der Waals surface area contributed by atoms with Crippen molar-refractivity contribution in [1.82, 2.24) is 4.98 Å². The number of thiophene rings is 1. The lowest BCUT2D eigenvalue weighted by molar-refractivity contribution is -0.384. The van der Waals surface area contributed by atoms with E-state index in [1.54, 1.807) is 12.1 Å². The van der Waals surface area contributed by atoms with E-state index in [2.05, 4.69) is 10.3 Å². The number of pyridine rings is 1. The van der Waals surface area contributed by atoms with Gasteiger partial charge in [0.25, 0.3) is 0 Å². The predicted molar refractivity (Wildman–Crippen MR) is 74.5 cm³/mol. The molecule has 0 aromatic carbocycles. The predicted octanol–water partition coefficient (Wildman–Crippen LogP) is 3.02. The molecule has 0 aliphatic carbocycles. The summed E-state index contributed by atoms with van der Waals surface area (Å²) in [5.74, 6) is -1.25. The van der Waals surface area contributed by atoms with Gasteiger partial charge in [-0.05, 0) is 12.1 Å². The number of rotatable bonds is 5. The quantitative estimate of drug-likeness (QED) is 0.649. The van der Waals surface area contributed by atoms with E-state index in [-0.39, 0.29) is 17.1 Å². The van der Waals surface area contributed by atoms with E-state index in [9.17, 15) is 14.9 Å². The molecule has 104 valence electrons. The van der Waals surface area contributed by atoms with Gasteiger partial charge in [-0.2, -0.15) is 0 Å². The maximum atomic E-state index is 10.9. The standard InChI is InChI=1S/C11H8ClN3O4S/c12-9-2-1-7(20-9)5-14-10-8(15(18)19)3-6(4-13-10)11(16)17/h1-4H,5H2,(H,13,14)(H,16,17). The summed E-state index contributed by atoms with van der Waals surface area (Å²) in [7, 11) is 0. The highest BCUT2D eigenvalue weighted by Crippen LogP contribution is 2.26. The molecule has 0 saturated carbocycles. The molecule has 2 rings (SSSR count). The second-order valence-corrected chi connectivity index (χ2v) is 5.51. The van der Waals surface area contributed by atoms with E-state index >= 15 is 0 Å². The Balaban J connectivity index is 2.22. The van der Waals surface area contributed by atoms with Gasteiger partial charge in [0.1, 0.15) is 0 Å². The zero-order valence-electron chi connectivity index (χ0n) is 9.87. The lowest BCUT2D eigenvalue weighted by atomic mass is 10.2. The summed E-state index contributed by atoms with van der Waals surface area (Å²) < 4.78 is 0.616. The molecule has 0 spiro atoms. The van der Waals surface area contributed by atoms with Gasteiger partial charge in [0.2, 0.25) is 5.82 Å². The second kappa shape index (κ2) is 5.85. The van der Waals surface area contributed by atoms with Crippen LogP contribution in [0, 0.1) is 10.1 Å². The zero-order valence-corrected chi connectivity index (χ0v) is 11.4. The van der Waals surface area contributed by atoms with Gasteiger partial charge in [0.15, 0.2) is 0 Å². The van der Waals surface area contributed by atoms with Gasteiger partial charge in [-0.25, -0.2) is 9.78 Å².